The lowest BCUT2D eigenvalue weighted by Crippen LogP contribution is -2.27. The van der Waals surface area contributed by atoms with Gasteiger partial charge in [0, 0.05) is 11.2 Å². The average Bonchev–Trinajstić information content (AvgIpc) is 2.45. The Hall–Kier alpha value is -2.64. The van der Waals surface area contributed by atoms with Gasteiger partial charge >= 0.3 is 6.18 Å². The second-order valence-electron chi connectivity index (χ2n) is 6.21. The third-order valence-corrected chi connectivity index (χ3v) is 2.85. The number of nitrogens with one attached hydrogen (secondary N) is 2. The summed E-state index contributed by atoms with van der Waals surface area (Å²) in [5.74, 6) is -0.137. The van der Waals surface area contributed by atoms with Crippen molar-refractivity contribution in [3.63, 3.8) is 0 Å². The van der Waals surface area contributed by atoms with Crippen LogP contribution in [0.1, 0.15) is 36.8 Å². The predicted molar refractivity (Wildman–Crippen MR) is 84.8 cm³/mol. The van der Waals surface area contributed by atoms with Crippen molar-refractivity contribution in [3.8, 4) is 0 Å². The van der Waals surface area contributed by atoms with Crippen LogP contribution in [0.2, 0.25) is 0 Å². The molecular weight excluding hydrogens is 321 g/mol. The normalized spacial score (nSPS) is 11.9. The van der Waals surface area contributed by atoms with E-state index in [0.717, 1.165) is 12.1 Å². The van der Waals surface area contributed by atoms with Crippen molar-refractivity contribution in [3.05, 3.63) is 47.7 Å². The summed E-state index contributed by atoms with van der Waals surface area (Å²) >= 11 is 0. The lowest BCUT2D eigenvalue weighted by molar-refractivity contribution is -0.137. The van der Waals surface area contributed by atoms with Crippen molar-refractivity contribution in [2.75, 3.05) is 10.6 Å². The molecule has 1 heterocycles. The number of carbonyl (C=O) groups is 1. The number of hydrogen-bond donors (Lipinski definition) is 2. The minimum atomic E-state index is -4.47. The molecule has 1 amide bonds. The van der Waals surface area contributed by atoms with Crippen LogP contribution >= 0.6 is 0 Å². The SMILES string of the molecule is CC(C)(C)Nc1ccc(C(=O)Nc2cccc(C(F)(F)F)c2)nn1. The first-order valence-corrected chi connectivity index (χ1v) is 7.15. The maximum absolute atomic E-state index is 12.7. The highest BCUT2D eigenvalue weighted by molar-refractivity contribution is 6.02. The van der Waals surface area contributed by atoms with Gasteiger partial charge in [-0.15, -0.1) is 10.2 Å². The second kappa shape index (κ2) is 6.46. The van der Waals surface area contributed by atoms with Gasteiger partial charge in [-0.3, -0.25) is 4.79 Å². The Balaban J connectivity index is 2.10. The largest absolute Gasteiger partial charge is 0.416 e. The average molecular weight is 338 g/mol. The first-order chi connectivity index (χ1) is 11.0. The lowest BCUT2D eigenvalue weighted by Gasteiger charge is -2.20. The fraction of sp³-hybridized carbons (Fsp3) is 0.312. The van der Waals surface area contributed by atoms with E-state index >= 15 is 0 Å². The molecule has 0 bridgehead atoms. The van der Waals surface area contributed by atoms with Gasteiger partial charge in [-0.1, -0.05) is 6.07 Å². The fourth-order valence-electron chi connectivity index (χ4n) is 1.87. The van der Waals surface area contributed by atoms with Crippen LogP contribution in [-0.4, -0.2) is 21.6 Å². The molecule has 0 aliphatic carbocycles. The van der Waals surface area contributed by atoms with Gasteiger partial charge < -0.3 is 10.6 Å². The fourth-order valence-corrected chi connectivity index (χ4v) is 1.87. The molecule has 2 aromatic rings. The Kier molecular flexibility index (Phi) is 4.77. The molecular formula is C16H17F3N4O. The smallest absolute Gasteiger partial charge is 0.364 e. The Morgan fingerprint density at radius 3 is 2.29 bits per heavy atom. The number of alkyl halides is 3. The van der Waals surface area contributed by atoms with Gasteiger partial charge in [0.05, 0.1) is 5.56 Å². The van der Waals surface area contributed by atoms with E-state index in [-0.39, 0.29) is 16.9 Å². The van der Waals surface area contributed by atoms with Crippen LogP contribution in [0.25, 0.3) is 0 Å². The van der Waals surface area contributed by atoms with Crippen LogP contribution in [0.3, 0.4) is 0 Å². The van der Waals surface area contributed by atoms with Gasteiger partial charge in [0.15, 0.2) is 5.69 Å². The van der Waals surface area contributed by atoms with Crippen molar-refractivity contribution >= 4 is 17.4 Å². The van der Waals surface area contributed by atoms with E-state index in [9.17, 15) is 18.0 Å². The predicted octanol–water partition coefficient (Wildman–Crippen LogP) is 3.96. The lowest BCUT2D eigenvalue weighted by atomic mass is 10.1. The first kappa shape index (κ1) is 17.7. The van der Waals surface area contributed by atoms with Crippen molar-refractivity contribution < 1.29 is 18.0 Å². The molecule has 1 aromatic heterocycles. The quantitative estimate of drug-likeness (QED) is 0.889. The first-order valence-electron chi connectivity index (χ1n) is 7.15. The molecule has 2 N–H and O–H groups in total. The summed E-state index contributed by atoms with van der Waals surface area (Å²) in [5, 5.41) is 13.1. The monoisotopic (exact) mass is 338 g/mol. The molecule has 1 aromatic carbocycles. The molecule has 0 fully saturated rings. The van der Waals surface area contributed by atoms with Gasteiger partial charge in [0.1, 0.15) is 5.82 Å². The van der Waals surface area contributed by atoms with E-state index in [1.165, 1.54) is 18.2 Å². The van der Waals surface area contributed by atoms with Crippen LogP contribution in [0.4, 0.5) is 24.7 Å². The van der Waals surface area contributed by atoms with Gasteiger partial charge in [0.2, 0.25) is 0 Å². The molecule has 0 aliphatic heterocycles. The highest BCUT2D eigenvalue weighted by atomic mass is 19.4. The molecule has 0 atom stereocenters. The molecule has 0 unspecified atom stereocenters. The number of carbonyl (C=O) groups excluding carboxylic acids is 1. The number of aromatic nitrogens is 2. The number of benzene rings is 1. The summed E-state index contributed by atoms with van der Waals surface area (Å²) in [6.45, 7) is 5.84. The topological polar surface area (TPSA) is 66.9 Å². The van der Waals surface area contributed by atoms with Crippen LogP contribution in [0.15, 0.2) is 36.4 Å². The molecule has 2 rings (SSSR count). The molecule has 0 radical (unpaired) electrons. The molecule has 0 aliphatic rings. The Morgan fingerprint density at radius 2 is 1.75 bits per heavy atom. The maximum Gasteiger partial charge on any atom is 0.416 e. The number of amides is 1. The van der Waals surface area contributed by atoms with Crippen molar-refractivity contribution in [2.45, 2.75) is 32.5 Å². The molecule has 5 nitrogen and oxygen atoms in total. The van der Waals surface area contributed by atoms with Crippen LogP contribution in [-0.2, 0) is 6.18 Å². The summed E-state index contributed by atoms with van der Waals surface area (Å²) in [7, 11) is 0. The molecule has 0 saturated carbocycles. The summed E-state index contributed by atoms with van der Waals surface area (Å²) < 4.78 is 38.0. The van der Waals surface area contributed by atoms with Crippen LogP contribution < -0.4 is 10.6 Å². The second-order valence-corrected chi connectivity index (χ2v) is 6.21. The highest BCUT2D eigenvalue weighted by Gasteiger charge is 2.30. The van der Waals surface area contributed by atoms with Crippen LogP contribution in [0, 0.1) is 0 Å². The highest BCUT2D eigenvalue weighted by Crippen LogP contribution is 2.30. The van der Waals surface area contributed by atoms with Gasteiger partial charge in [0.25, 0.3) is 5.91 Å². The zero-order valence-corrected chi connectivity index (χ0v) is 13.4. The van der Waals surface area contributed by atoms with E-state index < -0.39 is 17.6 Å². The van der Waals surface area contributed by atoms with E-state index in [2.05, 4.69) is 20.8 Å². The van der Waals surface area contributed by atoms with E-state index in [4.69, 9.17) is 0 Å². The minimum Gasteiger partial charge on any atom is -0.364 e. The van der Waals surface area contributed by atoms with Gasteiger partial charge in [-0.2, -0.15) is 13.2 Å². The van der Waals surface area contributed by atoms with Crippen molar-refractivity contribution in [1.29, 1.82) is 0 Å². The zero-order chi connectivity index (χ0) is 18.0. The van der Waals surface area contributed by atoms with Gasteiger partial charge in [-0.25, -0.2) is 0 Å². The summed E-state index contributed by atoms with van der Waals surface area (Å²) in [6, 6.07) is 7.42. The summed E-state index contributed by atoms with van der Waals surface area (Å²) in [5.41, 5.74) is -1.01. The molecule has 0 spiro atoms. The van der Waals surface area contributed by atoms with Crippen molar-refractivity contribution in [2.24, 2.45) is 0 Å². The number of rotatable bonds is 3. The van der Waals surface area contributed by atoms with Gasteiger partial charge in [-0.05, 0) is 51.1 Å². The van der Waals surface area contributed by atoms with Crippen molar-refractivity contribution in [1.82, 2.24) is 10.2 Å². The maximum atomic E-state index is 12.7. The molecule has 128 valence electrons. The third-order valence-electron chi connectivity index (χ3n) is 2.85. The third kappa shape index (κ3) is 4.94. The molecule has 0 saturated heterocycles. The number of hydrogen-bond acceptors (Lipinski definition) is 4. The Labute approximate surface area is 137 Å². The Morgan fingerprint density at radius 1 is 1.04 bits per heavy atom. The zero-order valence-electron chi connectivity index (χ0n) is 13.4. The van der Waals surface area contributed by atoms with Crippen LogP contribution in [0.5, 0.6) is 0 Å². The number of anilines is 2. The van der Waals surface area contributed by atoms with E-state index in [1.807, 2.05) is 20.8 Å². The number of nitrogens with zero attached hydrogens (tertiary/aromatic N) is 2. The minimum absolute atomic E-state index is 0.00636. The van der Waals surface area contributed by atoms with E-state index in [1.54, 1.807) is 6.07 Å². The molecule has 8 heteroatoms. The van der Waals surface area contributed by atoms with E-state index in [0.29, 0.717) is 5.82 Å². The summed E-state index contributed by atoms with van der Waals surface area (Å²) in [4.78, 5) is 12.1. The Bertz CT molecular complexity index is 721. The number of halogens is 3. The molecule has 24 heavy (non-hydrogen) atoms. The summed E-state index contributed by atoms with van der Waals surface area (Å²) in [6.07, 6.45) is -4.47. The standard InChI is InChI=1S/C16H17F3N4O/c1-15(2,3)21-13-8-7-12(22-23-13)14(24)20-11-6-4-5-10(9-11)16(17,18)19/h4-9H,1-3H3,(H,20,24)(H,21,23).